The van der Waals surface area contributed by atoms with Gasteiger partial charge >= 0.3 is 0 Å². The van der Waals surface area contributed by atoms with Crippen LogP contribution in [-0.2, 0) is 4.74 Å². The van der Waals surface area contributed by atoms with Crippen LogP contribution in [-0.4, -0.2) is 50.8 Å². The van der Waals surface area contributed by atoms with Gasteiger partial charge < -0.3 is 10.1 Å². The highest BCUT2D eigenvalue weighted by molar-refractivity contribution is 4.83. The molecule has 0 spiro atoms. The molecule has 0 aromatic carbocycles. The molecule has 96 valence electrons. The molecule has 0 atom stereocenters. The van der Waals surface area contributed by atoms with Gasteiger partial charge in [-0.1, -0.05) is 20.8 Å². The van der Waals surface area contributed by atoms with Gasteiger partial charge in [-0.3, -0.25) is 4.90 Å². The predicted octanol–water partition coefficient (Wildman–Crippen LogP) is 1.73. The van der Waals surface area contributed by atoms with Gasteiger partial charge in [-0.15, -0.1) is 0 Å². The van der Waals surface area contributed by atoms with E-state index in [-0.39, 0.29) is 0 Å². The van der Waals surface area contributed by atoms with Crippen molar-refractivity contribution < 1.29 is 4.74 Å². The van der Waals surface area contributed by atoms with Gasteiger partial charge in [0.25, 0.3) is 0 Å². The first-order valence-corrected chi connectivity index (χ1v) is 6.77. The topological polar surface area (TPSA) is 24.5 Å². The molecule has 1 aliphatic rings. The third kappa shape index (κ3) is 4.04. The summed E-state index contributed by atoms with van der Waals surface area (Å²) in [4.78, 5) is 2.56. The Morgan fingerprint density at radius 3 is 2.25 bits per heavy atom. The molecule has 0 aromatic rings. The lowest BCUT2D eigenvalue weighted by molar-refractivity contribution is 0.0138. The van der Waals surface area contributed by atoms with Crippen LogP contribution in [0.4, 0.5) is 0 Å². The van der Waals surface area contributed by atoms with E-state index in [9.17, 15) is 0 Å². The van der Waals surface area contributed by atoms with E-state index in [1.165, 1.54) is 19.4 Å². The van der Waals surface area contributed by atoms with Gasteiger partial charge in [0.15, 0.2) is 0 Å². The monoisotopic (exact) mass is 228 g/mol. The van der Waals surface area contributed by atoms with Crippen molar-refractivity contribution >= 4 is 0 Å². The molecule has 1 heterocycles. The minimum Gasteiger partial charge on any atom is -0.379 e. The molecule has 0 bridgehead atoms. The standard InChI is InChI=1S/C13H28N2O/c1-4-13(5-2,11-14-6-3)12-15-7-9-16-10-8-15/h14H,4-12H2,1-3H3. The lowest BCUT2D eigenvalue weighted by atomic mass is 9.81. The second kappa shape index (κ2) is 7.25. The number of rotatable bonds is 7. The minimum atomic E-state index is 0.452. The Morgan fingerprint density at radius 2 is 1.75 bits per heavy atom. The minimum absolute atomic E-state index is 0.452. The zero-order valence-electron chi connectivity index (χ0n) is 11.2. The summed E-state index contributed by atoms with van der Waals surface area (Å²) in [6.45, 7) is 14.3. The Hall–Kier alpha value is -0.120. The fourth-order valence-corrected chi connectivity index (χ4v) is 2.40. The van der Waals surface area contributed by atoms with E-state index in [0.717, 1.165) is 39.4 Å². The Morgan fingerprint density at radius 1 is 1.12 bits per heavy atom. The maximum Gasteiger partial charge on any atom is 0.0594 e. The van der Waals surface area contributed by atoms with E-state index in [1.807, 2.05) is 0 Å². The Labute approximate surface area is 101 Å². The Balaban J connectivity index is 2.46. The molecule has 1 N–H and O–H groups in total. The van der Waals surface area contributed by atoms with Gasteiger partial charge in [0, 0.05) is 26.2 Å². The molecule has 3 heteroatoms. The molecule has 1 fully saturated rings. The van der Waals surface area contributed by atoms with Crippen molar-refractivity contribution in [3.05, 3.63) is 0 Å². The van der Waals surface area contributed by atoms with E-state index in [0.29, 0.717) is 5.41 Å². The molecule has 0 radical (unpaired) electrons. The second-order valence-corrected chi connectivity index (χ2v) is 4.88. The van der Waals surface area contributed by atoms with Crippen LogP contribution in [0.3, 0.4) is 0 Å². The van der Waals surface area contributed by atoms with Crippen LogP contribution in [0.25, 0.3) is 0 Å². The average molecular weight is 228 g/mol. The molecule has 3 nitrogen and oxygen atoms in total. The molecule has 1 saturated heterocycles. The molecular weight excluding hydrogens is 200 g/mol. The largest absolute Gasteiger partial charge is 0.379 e. The number of nitrogens with zero attached hydrogens (tertiary/aromatic N) is 1. The molecule has 16 heavy (non-hydrogen) atoms. The fraction of sp³-hybridized carbons (Fsp3) is 1.00. The number of morpholine rings is 1. The maximum absolute atomic E-state index is 5.41. The SMILES string of the molecule is CCNCC(CC)(CC)CN1CCOCC1. The van der Waals surface area contributed by atoms with Crippen molar-refractivity contribution in [3.63, 3.8) is 0 Å². The van der Waals surface area contributed by atoms with Crippen molar-refractivity contribution in [1.29, 1.82) is 0 Å². The van der Waals surface area contributed by atoms with Gasteiger partial charge in [-0.25, -0.2) is 0 Å². The molecule has 1 rings (SSSR count). The third-order valence-electron chi connectivity index (χ3n) is 3.91. The molecule has 0 unspecified atom stereocenters. The van der Waals surface area contributed by atoms with Gasteiger partial charge in [-0.05, 0) is 24.8 Å². The van der Waals surface area contributed by atoms with Crippen molar-refractivity contribution in [1.82, 2.24) is 10.2 Å². The van der Waals surface area contributed by atoms with E-state index in [2.05, 4.69) is 31.0 Å². The first-order valence-electron chi connectivity index (χ1n) is 6.77. The number of hydrogen-bond acceptors (Lipinski definition) is 3. The summed E-state index contributed by atoms with van der Waals surface area (Å²) in [7, 11) is 0. The van der Waals surface area contributed by atoms with Crippen LogP contribution in [0, 0.1) is 5.41 Å². The number of ether oxygens (including phenoxy) is 1. The second-order valence-electron chi connectivity index (χ2n) is 4.88. The summed E-state index contributed by atoms with van der Waals surface area (Å²) in [5.41, 5.74) is 0.452. The van der Waals surface area contributed by atoms with Gasteiger partial charge in [0.05, 0.1) is 13.2 Å². The van der Waals surface area contributed by atoms with Crippen LogP contribution in [0.1, 0.15) is 33.6 Å². The van der Waals surface area contributed by atoms with Gasteiger partial charge in [0.1, 0.15) is 0 Å². The summed E-state index contributed by atoms with van der Waals surface area (Å²) in [5, 5.41) is 3.52. The smallest absolute Gasteiger partial charge is 0.0594 e. The van der Waals surface area contributed by atoms with Crippen molar-refractivity contribution in [2.24, 2.45) is 5.41 Å². The number of hydrogen-bond donors (Lipinski definition) is 1. The van der Waals surface area contributed by atoms with E-state index in [1.54, 1.807) is 0 Å². The molecule has 0 aliphatic carbocycles. The molecule has 0 amide bonds. The van der Waals surface area contributed by atoms with Crippen LogP contribution in [0.2, 0.25) is 0 Å². The molecule has 1 aliphatic heterocycles. The molecule has 0 saturated carbocycles. The lowest BCUT2D eigenvalue weighted by Crippen LogP contribution is -2.47. The fourth-order valence-electron chi connectivity index (χ4n) is 2.40. The van der Waals surface area contributed by atoms with Gasteiger partial charge in [-0.2, -0.15) is 0 Å². The summed E-state index contributed by atoms with van der Waals surface area (Å²) in [5.74, 6) is 0. The Kier molecular flexibility index (Phi) is 6.32. The predicted molar refractivity (Wildman–Crippen MR) is 68.8 cm³/mol. The molecular formula is C13H28N2O. The average Bonchev–Trinajstić information content (AvgIpc) is 2.36. The first-order chi connectivity index (χ1) is 7.76. The highest BCUT2D eigenvalue weighted by Crippen LogP contribution is 2.27. The van der Waals surface area contributed by atoms with E-state index in [4.69, 9.17) is 4.74 Å². The summed E-state index contributed by atoms with van der Waals surface area (Å²) >= 11 is 0. The third-order valence-corrected chi connectivity index (χ3v) is 3.91. The van der Waals surface area contributed by atoms with E-state index < -0.39 is 0 Å². The Bertz CT molecular complexity index is 175. The zero-order valence-corrected chi connectivity index (χ0v) is 11.2. The van der Waals surface area contributed by atoms with Crippen LogP contribution < -0.4 is 5.32 Å². The van der Waals surface area contributed by atoms with Gasteiger partial charge in [0.2, 0.25) is 0 Å². The highest BCUT2D eigenvalue weighted by atomic mass is 16.5. The summed E-state index contributed by atoms with van der Waals surface area (Å²) in [6, 6.07) is 0. The van der Waals surface area contributed by atoms with Crippen LogP contribution in [0.5, 0.6) is 0 Å². The van der Waals surface area contributed by atoms with Crippen molar-refractivity contribution in [2.45, 2.75) is 33.6 Å². The maximum atomic E-state index is 5.41. The van der Waals surface area contributed by atoms with E-state index >= 15 is 0 Å². The summed E-state index contributed by atoms with van der Waals surface area (Å²) in [6.07, 6.45) is 2.52. The molecule has 0 aromatic heterocycles. The van der Waals surface area contributed by atoms with Crippen LogP contribution in [0.15, 0.2) is 0 Å². The first kappa shape index (κ1) is 13.9. The van der Waals surface area contributed by atoms with Crippen molar-refractivity contribution in [3.8, 4) is 0 Å². The number of nitrogens with one attached hydrogen (secondary N) is 1. The zero-order chi connectivity index (χ0) is 11.9. The lowest BCUT2D eigenvalue weighted by Gasteiger charge is -2.39. The summed E-state index contributed by atoms with van der Waals surface area (Å²) < 4.78 is 5.41. The van der Waals surface area contributed by atoms with Crippen LogP contribution >= 0.6 is 0 Å². The van der Waals surface area contributed by atoms with Crippen molar-refractivity contribution in [2.75, 3.05) is 45.9 Å². The quantitative estimate of drug-likeness (QED) is 0.718. The normalized spacial score (nSPS) is 18.9. The highest BCUT2D eigenvalue weighted by Gasteiger charge is 2.28.